The zero-order valence-corrected chi connectivity index (χ0v) is 61.4. The van der Waals surface area contributed by atoms with E-state index in [0.717, 1.165) is 151 Å². The zero-order valence-electron chi connectivity index (χ0n) is 61.4. The normalized spacial score (nSPS) is 11.4. The van der Waals surface area contributed by atoms with Crippen molar-refractivity contribution in [1.82, 2.24) is 39.0 Å². The molecule has 0 atom stereocenters. The van der Waals surface area contributed by atoms with Gasteiger partial charge in [0.1, 0.15) is 0 Å². The number of hydrogen-bond donors (Lipinski definition) is 0. The SMILES string of the molecule is Cc1ccc2c(c1)c1cc(CCC(C)(C)c3ccc4c(c3)c3ccccc3n4-c3c(-c4cccc(C#N)c4)cc(-c4nc(-c5ccccc5)nc(-c5ccccc5)n4)cc3-c3cccc(C#N)c3)ccc1n2-c1c(-c2cccc(C#N)c2)cc(-c2nc(-c3ccccc3)nc(-c3ccccc3)n2)cc1-c1cccc(C#N)c1. The van der Waals surface area contributed by atoms with Gasteiger partial charge in [-0.05, 0) is 174 Å². The number of nitrogens with zero attached hydrogens (tertiary/aromatic N) is 12. The molecule has 0 saturated carbocycles. The van der Waals surface area contributed by atoms with Gasteiger partial charge in [-0.3, -0.25) is 0 Å². The first-order valence-corrected chi connectivity index (χ1v) is 37.2. The van der Waals surface area contributed by atoms with Gasteiger partial charge in [0.15, 0.2) is 34.9 Å². The highest BCUT2D eigenvalue weighted by molar-refractivity contribution is 6.13. The van der Waals surface area contributed by atoms with Gasteiger partial charge in [-0.2, -0.15) is 21.0 Å². The molecule has 0 aliphatic carbocycles. The van der Waals surface area contributed by atoms with E-state index in [4.69, 9.17) is 29.9 Å². The fourth-order valence-electron chi connectivity index (χ4n) is 15.6. The number of nitriles is 4. The molecule has 0 radical (unpaired) electrons. The lowest BCUT2D eigenvalue weighted by Gasteiger charge is -2.26. The van der Waals surface area contributed by atoms with Crippen LogP contribution in [-0.2, 0) is 11.8 Å². The summed E-state index contributed by atoms with van der Waals surface area (Å²) in [4.78, 5) is 31.1. The monoisotopic (exact) mass is 1430 g/mol. The number of fused-ring (bicyclic) bond motifs is 6. The Bertz CT molecular complexity index is 6700. The molecule has 14 aromatic carbocycles. The third kappa shape index (κ3) is 12.8. The Morgan fingerprint density at radius 3 is 0.973 bits per heavy atom. The van der Waals surface area contributed by atoms with Gasteiger partial charge in [0, 0.05) is 77.2 Å². The third-order valence-corrected chi connectivity index (χ3v) is 21.3. The first-order chi connectivity index (χ1) is 54.9. The fourth-order valence-corrected chi connectivity index (χ4v) is 15.6. The number of hydrogen-bond acceptors (Lipinski definition) is 10. The second-order valence-electron chi connectivity index (χ2n) is 28.9. The van der Waals surface area contributed by atoms with Crippen molar-refractivity contribution in [3.8, 4) is 148 Å². The van der Waals surface area contributed by atoms with E-state index in [1.807, 2.05) is 206 Å². The Morgan fingerprint density at radius 2 is 0.589 bits per heavy atom. The minimum Gasteiger partial charge on any atom is -0.308 e. The molecule has 4 aromatic heterocycles. The van der Waals surface area contributed by atoms with Crippen molar-refractivity contribution >= 4 is 43.6 Å². The highest BCUT2D eigenvalue weighted by atomic mass is 15.1. The van der Waals surface area contributed by atoms with Crippen LogP contribution in [0.2, 0.25) is 0 Å². The maximum atomic E-state index is 10.5. The Labute approximate surface area is 647 Å². The zero-order chi connectivity index (χ0) is 76.0. The summed E-state index contributed by atoms with van der Waals surface area (Å²) in [7, 11) is 0. The van der Waals surface area contributed by atoms with E-state index in [1.165, 1.54) is 11.1 Å². The van der Waals surface area contributed by atoms with Gasteiger partial charge < -0.3 is 9.13 Å². The van der Waals surface area contributed by atoms with Crippen molar-refractivity contribution in [2.45, 2.75) is 39.0 Å². The van der Waals surface area contributed by atoms with Gasteiger partial charge in [-0.15, -0.1) is 0 Å². The molecule has 0 unspecified atom stereocenters. The lowest BCUT2D eigenvalue weighted by molar-refractivity contribution is 0.480. The largest absolute Gasteiger partial charge is 0.308 e. The number of rotatable bonds is 16. The molecule has 0 amide bonds. The molecule has 526 valence electrons. The highest BCUT2D eigenvalue weighted by Crippen LogP contribution is 2.48. The molecule has 12 nitrogen and oxygen atoms in total. The summed E-state index contributed by atoms with van der Waals surface area (Å²) >= 11 is 0. The Balaban J connectivity index is 0.773. The van der Waals surface area contributed by atoms with Crippen LogP contribution in [0.5, 0.6) is 0 Å². The van der Waals surface area contributed by atoms with E-state index in [0.29, 0.717) is 57.2 Å². The number of aryl methyl sites for hydroxylation is 2. The smallest absolute Gasteiger partial charge is 0.164 e. The van der Waals surface area contributed by atoms with Gasteiger partial charge >= 0.3 is 0 Å². The third-order valence-electron chi connectivity index (χ3n) is 21.3. The molecule has 112 heavy (non-hydrogen) atoms. The van der Waals surface area contributed by atoms with Crippen molar-refractivity contribution in [2.75, 3.05) is 0 Å². The van der Waals surface area contributed by atoms with Gasteiger partial charge in [0.2, 0.25) is 0 Å². The van der Waals surface area contributed by atoms with E-state index < -0.39 is 0 Å². The van der Waals surface area contributed by atoms with Crippen LogP contribution < -0.4 is 0 Å². The molecular weight excluding hydrogens is 1370 g/mol. The summed E-state index contributed by atoms with van der Waals surface area (Å²) in [6.45, 7) is 6.81. The highest BCUT2D eigenvalue weighted by Gasteiger charge is 2.29. The summed E-state index contributed by atoms with van der Waals surface area (Å²) in [5.74, 6) is 3.02. The fraction of sp³-hybridized carbons (Fsp3) is 0.0600. The van der Waals surface area contributed by atoms with Crippen molar-refractivity contribution in [3.63, 3.8) is 0 Å². The van der Waals surface area contributed by atoms with Crippen LogP contribution in [-0.4, -0.2) is 39.0 Å². The van der Waals surface area contributed by atoms with E-state index in [9.17, 15) is 21.0 Å². The number of para-hydroxylation sites is 1. The van der Waals surface area contributed by atoms with Gasteiger partial charge in [-0.1, -0.05) is 226 Å². The van der Waals surface area contributed by atoms with Crippen LogP contribution in [0, 0.1) is 52.2 Å². The van der Waals surface area contributed by atoms with Crippen LogP contribution in [0.25, 0.3) is 168 Å². The second-order valence-corrected chi connectivity index (χ2v) is 28.9. The average Bonchev–Trinajstić information content (AvgIpc) is 1.60. The molecule has 0 spiro atoms. The molecule has 18 aromatic rings. The summed E-state index contributed by atoms with van der Waals surface area (Å²) in [5, 5.41) is 46.5. The molecule has 0 aliphatic rings. The second kappa shape index (κ2) is 28.8. The molecule has 0 N–H and O–H groups in total. The molecular formula is C100H66N12. The first kappa shape index (κ1) is 68.5. The van der Waals surface area contributed by atoms with Crippen molar-refractivity contribution < 1.29 is 0 Å². The molecule has 4 heterocycles. The van der Waals surface area contributed by atoms with Crippen molar-refractivity contribution in [1.29, 1.82) is 21.0 Å². The van der Waals surface area contributed by atoms with Gasteiger partial charge in [0.05, 0.1) is 80.0 Å². The van der Waals surface area contributed by atoms with Crippen LogP contribution in [0.15, 0.2) is 322 Å². The Morgan fingerprint density at radius 1 is 0.277 bits per heavy atom. The molecule has 0 saturated heterocycles. The molecule has 0 aliphatic heterocycles. The lowest BCUT2D eigenvalue weighted by atomic mass is 9.79. The summed E-state index contributed by atoms with van der Waals surface area (Å²) < 4.78 is 4.71. The van der Waals surface area contributed by atoms with E-state index in [2.05, 4.69) is 169 Å². The van der Waals surface area contributed by atoms with Crippen LogP contribution in [0.1, 0.15) is 59.2 Å². The lowest BCUT2D eigenvalue weighted by Crippen LogP contribution is -2.18. The van der Waals surface area contributed by atoms with Crippen LogP contribution in [0.3, 0.4) is 0 Å². The summed E-state index contributed by atoms with van der Waals surface area (Å²) in [6.07, 6.45) is 1.57. The predicted octanol–water partition coefficient (Wildman–Crippen LogP) is 23.6. The van der Waals surface area contributed by atoms with E-state index in [-0.39, 0.29) is 5.41 Å². The maximum Gasteiger partial charge on any atom is 0.164 e. The van der Waals surface area contributed by atoms with Crippen LogP contribution in [0.4, 0.5) is 0 Å². The topological polar surface area (TPSA) is 182 Å². The Kier molecular flexibility index (Phi) is 17.6. The van der Waals surface area contributed by atoms with Crippen LogP contribution >= 0.6 is 0 Å². The minimum atomic E-state index is -0.337. The number of aromatic nitrogens is 8. The summed E-state index contributed by atoms with van der Waals surface area (Å²) in [5.41, 5.74) is 22.3. The standard InChI is InChI=1S/C100H66N12/c1-63-40-43-89-85(48-63)86-53-64(41-44-90(86)112(89)93-83(75-36-20-24-67(51-75)61-103)56-78(57-84(93)76-37-21-25-68(52-76)62-104)99-109-96(71-30-12-6-13-31-71)106-97(110-99)72-32-14-7-15-33-72)46-47-100(2,3)79-42-45-91-87(58-79)80-38-16-17-39-88(80)111(91)92-81(73-34-18-22-65(49-73)59-101)54-77(55-82(92)74-35-19-23-66(50-74)60-102)98-107-94(69-26-8-4-9-27-69)105-95(108-98)70-28-10-5-11-29-70/h4-45,48-58H,46-47H2,1-3H3. The molecule has 18 rings (SSSR count). The van der Waals surface area contributed by atoms with Crippen molar-refractivity contribution in [2.24, 2.45) is 0 Å². The van der Waals surface area contributed by atoms with Crippen molar-refractivity contribution in [3.05, 3.63) is 360 Å². The molecule has 0 bridgehead atoms. The van der Waals surface area contributed by atoms with E-state index in [1.54, 1.807) is 0 Å². The first-order valence-electron chi connectivity index (χ1n) is 37.2. The molecule has 12 heteroatoms. The van der Waals surface area contributed by atoms with Gasteiger partial charge in [-0.25, -0.2) is 29.9 Å². The van der Waals surface area contributed by atoms with Gasteiger partial charge in [0.25, 0.3) is 0 Å². The maximum absolute atomic E-state index is 10.5. The minimum absolute atomic E-state index is 0.337. The predicted molar refractivity (Wildman–Crippen MR) is 448 cm³/mol. The average molecular weight is 1440 g/mol. The quantitative estimate of drug-likeness (QED) is 0.0902. The van der Waals surface area contributed by atoms with E-state index >= 15 is 0 Å². The summed E-state index contributed by atoms with van der Waals surface area (Å²) in [6, 6.07) is 118. The molecule has 0 fully saturated rings. The number of benzene rings is 14. The Hall–Kier alpha value is -15.3.